The monoisotopic (exact) mass is 637 g/mol. The van der Waals surface area contributed by atoms with E-state index in [4.69, 9.17) is 4.42 Å². The lowest BCUT2D eigenvalue weighted by Gasteiger charge is -2.27. The van der Waals surface area contributed by atoms with Crippen LogP contribution in [-0.4, -0.2) is 0 Å². The third-order valence-corrected chi connectivity index (χ3v) is 9.99. The van der Waals surface area contributed by atoms with Crippen LogP contribution in [0.3, 0.4) is 0 Å². The molecule has 0 aliphatic rings. The summed E-state index contributed by atoms with van der Waals surface area (Å²) in [7, 11) is 0. The van der Waals surface area contributed by atoms with Gasteiger partial charge in [-0.2, -0.15) is 0 Å². The molecule has 10 rings (SSSR count). The van der Waals surface area contributed by atoms with Gasteiger partial charge in [-0.3, -0.25) is 0 Å². The van der Waals surface area contributed by atoms with Crippen molar-refractivity contribution in [3.63, 3.8) is 0 Å². The number of fused-ring (bicyclic) bond motifs is 6. The zero-order valence-electron chi connectivity index (χ0n) is 27.3. The van der Waals surface area contributed by atoms with Crippen LogP contribution in [0.25, 0.3) is 76.5 Å². The molecule has 0 N–H and O–H groups in total. The van der Waals surface area contributed by atoms with E-state index in [0.29, 0.717) is 0 Å². The van der Waals surface area contributed by atoms with Crippen LogP contribution in [0.4, 0.5) is 17.1 Å². The Morgan fingerprint density at radius 1 is 0.300 bits per heavy atom. The van der Waals surface area contributed by atoms with E-state index in [1.165, 1.54) is 54.6 Å². The largest absolute Gasteiger partial charge is 0.456 e. The molecule has 10 aromatic rings. The van der Waals surface area contributed by atoms with Gasteiger partial charge in [0.1, 0.15) is 11.2 Å². The smallest absolute Gasteiger partial charge is 0.137 e. The average molecular weight is 638 g/mol. The highest BCUT2D eigenvalue weighted by molar-refractivity contribution is 6.07. The molecule has 1 heterocycles. The van der Waals surface area contributed by atoms with Crippen molar-refractivity contribution in [3.05, 3.63) is 188 Å². The molecule has 0 saturated heterocycles. The van der Waals surface area contributed by atoms with Crippen molar-refractivity contribution in [2.45, 2.75) is 0 Å². The Labute approximate surface area is 290 Å². The molecule has 0 spiro atoms. The number of para-hydroxylation sites is 1. The minimum Gasteiger partial charge on any atom is -0.456 e. The van der Waals surface area contributed by atoms with Crippen molar-refractivity contribution in [1.82, 2.24) is 0 Å². The van der Waals surface area contributed by atoms with Crippen LogP contribution in [0.2, 0.25) is 0 Å². The van der Waals surface area contributed by atoms with Crippen molar-refractivity contribution in [2.24, 2.45) is 0 Å². The number of hydrogen-bond acceptors (Lipinski definition) is 2. The first-order chi connectivity index (χ1) is 24.7. The summed E-state index contributed by atoms with van der Waals surface area (Å²) in [6, 6.07) is 67.7. The van der Waals surface area contributed by atoms with Gasteiger partial charge in [0.2, 0.25) is 0 Å². The highest BCUT2D eigenvalue weighted by Crippen LogP contribution is 2.42. The topological polar surface area (TPSA) is 16.4 Å². The Bertz CT molecular complexity index is 2890. The highest BCUT2D eigenvalue weighted by Gasteiger charge is 2.18. The molecule has 0 radical (unpaired) electrons. The van der Waals surface area contributed by atoms with Gasteiger partial charge >= 0.3 is 0 Å². The average Bonchev–Trinajstić information content (AvgIpc) is 3.56. The molecule has 2 heteroatoms. The minimum absolute atomic E-state index is 0.880. The summed E-state index contributed by atoms with van der Waals surface area (Å²) >= 11 is 0. The number of nitrogens with zero attached hydrogens (tertiary/aromatic N) is 1. The first kappa shape index (κ1) is 28.4. The van der Waals surface area contributed by atoms with Gasteiger partial charge in [-0.05, 0) is 104 Å². The van der Waals surface area contributed by atoms with E-state index in [1.54, 1.807) is 0 Å². The summed E-state index contributed by atoms with van der Waals surface area (Å²) in [6.07, 6.45) is 0. The van der Waals surface area contributed by atoms with Crippen LogP contribution in [0, 0.1) is 0 Å². The summed E-state index contributed by atoms with van der Waals surface area (Å²) < 4.78 is 6.36. The molecule has 0 amide bonds. The van der Waals surface area contributed by atoms with Crippen LogP contribution in [0.1, 0.15) is 0 Å². The third-order valence-electron chi connectivity index (χ3n) is 9.99. The van der Waals surface area contributed by atoms with E-state index in [-0.39, 0.29) is 0 Å². The van der Waals surface area contributed by atoms with Crippen molar-refractivity contribution in [3.8, 4) is 22.3 Å². The second-order valence-electron chi connectivity index (χ2n) is 13.0. The van der Waals surface area contributed by atoms with Crippen LogP contribution in [-0.2, 0) is 0 Å². The molecule has 1 aromatic heterocycles. The molecular weight excluding hydrogens is 607 g/mol. The van der Waals surface area contributed by atoms with E-state index in [9.17, 15) is 0 Å². The number of anilines is 3. The van der Waals surface area contributed by atoms with Crippen molar-refractivity contribution in [1.29, 1.82) is 0 Å². The number of furan rings is 1. The lowest BCUT2D eigenvalue weighted by atomic mass is 9.96. The molecule has 0 atom stereocenters. The second-order valence-corrected chi connectivity index (χ2v) is 13.0. The van der Waals surface area contributed by atoms with Crippen molar-refractivity contribution < 1.29 is 4.42 Å². The van der Waals surface area contributed by atoms with E-state index >= 15 is 0 Å². The molecule has 0 aliphatic heterocycles. The summed E-state index contributed by atoms with van der Waals surface area (Å²) in [5.74, 6) is 0. The van der Waals surface area contributed by atoms with Gasteiger partial charge in [-0.15, -0.1) is 0 Å². The fourth-order valence-electron chi connectivity index (χ4n) is 7.48. The molecule has 0 aliphatic carbocycles. The molecular formula is C48H31NO. The van der Waals surface area contributed by atoms with Crippen molar-refractivity contribution in [2.75, 3.05) is 4.90 Å². The van der Waals surface area contributed by atoms with Gasteiger partial charge in [0.05, 0.1) is 5.69 Å². The normalized spacial score (nSPS) is 11.6. The number of rotatable bonds is 5. The van der Waals surface area contributed by atoms with E-state index in [2.05, 4.69) is 181 Å². The summed E-state index contributed by atoms with van der Waals surface area (Å²) in [6.45, 7) is 0. The Kier molecular flexibility index (Phi) is 6.53. The zero-order valence-corrected chi connectivity index (χ0v) is 27.3. The highest BCUT2D eigenvalue weighted by atomic mass is 16.3. The molecule has 0 bridgehead atoms. The third kappa shape index (κ3) is 4.81. The van der Waals surface area contributed by atoms with Gasteiger partial charge in [0.15, 0.2) is 0 Å². The summed E-state index contributed by atoms with van der Waals surface area (Å²) in [4.78, 5) is 2.36. The quantitative estimate of drug-likeness (QED) is 0.187. The van der Waals surface area contributed by atoms with E-state index in [1.807, 2.05) is 12.1 Å². The van der Waals surface area contributed by atoms with Gasteiger partial charge < -0.3 is 9.32 Å². The maximum atomic E-state index is 6.36. The number of benzene rings is 9. The maximum Gasteiger partial charge on any atom is 0.137 e. The standard InChI is InChI=1S/C48H31NO/c1-2-11-34-27-37(20-19-32(34)9-1)35-13-7-14-36(28-35)38-21-22-40-30-41(24-23-39(40)29-38)49(46-17-8-12-33-10-3-4-15-43(33)46)42-25-26-45-44-16-5-6-18-47(44)50-48(45)31-42/h1-31H. The Morgan fingerprint density at radius 2 is 0.840 bits per heavy atom. The minimum atomic E-state index is 0.880. The number of hydrogen-bond donors (Lipinski definition) is 0. The predicted octanol–water partition coefficient (Wildman–Crippen LogP) is 13.8. The first-order valence-electron chi connectivity index (χ1n) is 17.1. The van der Waals surface area contributed by atoms with Crippen molar-refractivity contribution >= 4 is 71.3 Å². The van der Waals surface area contributed by atoms with E-state index < -0.39 is 0 Å². The fraction of sp³-hybridized carbons (Fsp3) is 0. The molecule has 0 saturated carbocycles. The van der Waals surface area contributed by atoms with Crippen LogP contribution in [0.15, 0.2) is 192 Å². The van der Waals surface area contributed by atoms with Crippen LogP contribution in [0.5, 0.6) is 0 Å². The Hall–Kier alpha value is -6.64. The molecule has 50 heavy (non-hydrogen) atoms. The van der Waals surface area contributed by atoms with Gasteiger partial charge in [0, 0.05) is 33.6 Å². The summed E-state index contributed by atoms with van der Waals surface area (Å²) in [5, 5.41) is 9.56. The Balaban J connectivity index is 1.07. The fourth-order valence-corrected chi connectivity index (χ4v) is 7.48. The zero-order chi connectivity index (χ0) is 33.0. The molecule has 9 aromatic carbocycles. The van der Waals surface area contributed by atoms with Gasteiger partial charge in [0.25, 0.3) is 0 Å². The SMILES string of the molecule is c1cc(-c2ccc3ccccc3c2)cc(-c2ccc3cc(N(c4ccc5c(c4)oc4ccccc45)c4cccc5ccccc45)ccc3c2)c1. The molecule has 0 unspecified atom stereocenters. The first-order valence-corrected chi connectivity index (χ1v) is 17.1. The lowest BCUT2D eigenvalue weighted by molar-refractivity contribution is 0.669. The molecule has 234 valence electrons. The van der Waals surface area contributed by atoms with Crippen LogP contribution < -0.4 is 4.90 Å². The second kappa shape index (κ2) is 11.5. The lowest BCUT2D eigenvalue weighted by Crippen LogP contribution is -2.10. The van der Waals surface area contributed by atoms with Gasteiger partial charge in [-0.1, -0.05) is 127 Å². The van der Waals surface area contributed by atoms with Crippen LogP contribution >= 0.6 is 0 Å². The molecule has 2 nitrogen and oxygen atoms in total. The maximum absolute atomic E-state index is 6.36. The Morgan fingerprint density at radius 3 is 1.68 bits per heavy atom. The molecule has 0 fully saturated rings. The van der Waals surface area contributed by atoms with Gasteiger partial charge in [-0.25, -0.2) is 0 Å². The predicted molar refractivity (Wildman–Crippen MR) is 212 cm³/mol. The summed E-state index contributed by atoms with van der Waals surface area (Å²) in [5.41, 5.74) is 9.91. The van der Waals surface area contributed by atoms with E-state index in [0.717, 1.165) is 39.0 Å².